The number of rotatable bonds is 7. The summed E-state index contributed by atoms with van der Waals surface area (Å²) in [5, 5.41) is 7.21. The first kappa shape index (κ1) is 14.8. The summed E-state index contributed by atoms with van der Waals surface area (Å²) in [6.45, 7) is 6.72. The Bertz CT molecular complexity index is 478. The fourth-order valence-electron chi connectivity index (χ4n) is 2.56. The first-order valence-corrected chi connectivity index (χ1v) is 7.42. The molecular formula is C14H25N5O. The van der Waals surface area contributed by atoms with Crippen molar-refractivity contribution in [2.45, 2.75) is 39.2 Å². The molecule has 0 aromatic carbocycles. The Hall–Kier alpha value is -1.56. The van der Waals surface area contributed by atoms with Crippen LogP contribution < -0.4 is 11.1 Å². The number of nitrogens with zero attached hydrogens (tertiary/aromatic N) is 3. The zero-order valence-electron chi connectivity index (χ0n) is 12.6. The van der Waals surface area contributed by atoms with Crippen LogP contribution in [0, 0.1) is 0 Å². The van der Waals surface area contributed by atoms with Crippen LogP contribution in [0.4, 0.5) is 5.69 Å². The van der Waals surface area contributed by atoms with Gasteiger partial charge in [-0.05, 0) is 25.8 Å². The number of nitrogens with one attached hydrogen (secondary N) is 1. The SMILES string of the molecule is CCc1nn(C)c(C(=O)NCCN(CC)C2CC2)c1N. The van der Waals surface area contributed by atoms with Crippen molar-refractivity contribution in [3.8, 4) is 0 Å². The summed E-state index contributed by atoms with van der Waals surface area (Å²) >= 11 is 0. The summed E-state index contributed by atoms with van der Waals surface area (Å²) in [6, 6.07) is 0.727. The van der Waals surface area contributed by atoms with Crippen LogP contribution in [0.2, 0.25) is 0 Å². The Labute approximate surface area is 120 Å². The van der Waals surface area contributed by atoms with Crippen LogP contribution in [-0.4, -0.2) is 46.3 Å². The van der Waals surface area contributed by atoms with Gasteiger partial charge in [0.1, 0.15) is 5.69 Å². The molecule has 3 N–H and O–H groups in total. The van der Waals surface area contributed by atoms with Crippen molar-refractivity contribution < 1.29 is 4.79 Å². The molecule has 0 atom stereocenters. The molecule has 1 amide bonds. The van der Waals surface area contributed by atoms with Gasteiger partial charge in [-0.2, -0.15) is 5.10 Å². The lowest BCUT2D eigenvalue weighted by Gasteiger charge is -2.19. The minimum absolute atomic E-state index is 0.135. The van der Waals surface area contributed by atoms with Gasteiger partial charge in [0.2, 0.25) is 0 Å². The number of nitrogens with two attached hydrogens (primary N) is 1. The molecule has 1 aromatic rings. The molecular weight excluding hydrogens is 254 g/mol. The van der Waals surface area contributed by atoms with Gasteiger partial charge >= 0.3 is 0 Å². The number of nitrogen functional groups attached to an aromatic ring is 1. The largest absolute Gasteiger partial charge is 0.395 e. The summed E-state index contributed by atoms with van der Waals surface area (Å²) < 4.78 is 1.57. The Morgan fingerprint density at radius 2 is 2.20 bits per heavy atom. The third kappa shape index (κ3) is 3.12. The molecule has 0 aliphatic heterocycles. The van der Waals surface area contributed by atoms with Gasteiger partial charge in [0, 0.05) is 26.2 Å². The third-order valence-electron chi connectivity index (χ3n) is 3.86. The van der Waals surface area contributed by atoms with E-state index in [1.54, 1.807) is 11.7 Å². The third-order valence-corrected chi connectivity index (χ3v) is 3.86. The van der Waals surface area contributed by atoms with E-state index in [-0.39, 0.29) is 5.91 Å². The maximum Gasteiger partial charge on any atom is 0.271 e. The standard InChI is InChI=1S/C14H25N5O/c1-4-11-12(15)13(18(3)17-11)14(20)16-8-9-19(5-2)10-6-7-10/h10H,4-9,15H2,1-3H3,(H,16,20). The summed E-state index contributed by atoms with van der Waals surface area (Å²) in [4.78, 5) is 14.6. The van der Waals surface area contributed by atoms with Crippen molar-refractivity contribution in [3.05, 3.63) is 11.4 Å². The zero-order chi connectivity index (χ0) is 14.7. The Morgan fingerprint density at radius 3 is 2.70 bits per heavy atom. The van der Waals surface area contributed by atoms with E-state index >= 15 is 0 Å². The summed E-state index contributed by atoms with van der Waals surface area (Å²) in [5.41, 5.74) is 7.73. The lowest BCUT2D eigenvalue weighted by atomic mass is 10.2. The lowest BCUT2D eigenvalue weighted by Crippen LogP contribution is -2.36. The van der Waals surface area contributed by atoms with E-state index in [0.717, 1.165) is 31.2 Å². The highest BCUT2D eigenvalue weighted by Crippen LogP contribution is 2.25. The predicted octanol–water partition coefficient (Wildman–Crippen LogP) is 0.779. The van der Waals surface area contributed by atoms with Gasteiger partial charge in [0.25, 0.3) is 5.91 Å². The molecule has 1 saturated carbocycles. The smallest absolute Gasteiger partial charge is 0.271 e. The van der Waals surface area contributed by atoms with Crippen LogP contribution in [-0.2, 0) is 13.5 Å². The van der Waals surface area contributed by atoms with E-state index in [1.165, 1.54) is 12.8 Å². The number of aryl methyl sites for hydroxylation is 2. The minimum atomic E-state index is -0.135. The van der Waals surface area contributed by atoms with Gasteiger partial charge in [-0.15, -0.1) is 0 Å². The van der Waals surface area contributed by atoms with Gasteiger partial charge in [-0.1, -0.05) is 13.8 Å². The number of amides is 1. The van der Waals surface area contributed by atoms with Crippen molar-refractivity contribution in [1.82, 2.24) is 20.0 Å². The molecule has 6 nitrogen and oxygen atoms in total. The second-order valence-corrected chi connectivity index (χ2v) is 5.30. The summed E-state index contributed by atoms with van der Waals surface area (Å²) in [5.74, 6) is -0.135. The number of hydrogen-bond acceptors (Lipinski definition) is 4. The van der Waals surface area contributed by atoms with Crippen molar-refractivity contribution in [3.63, 3.8) is 0 Å². The van der Waals surface area contributed by atoms with Gasteiger partial charge < -0.3 is 11.1 Å². The van der Waals surface area contributed by atoms with E-state index in [4.69, 9.17) is 5.73 Å². The monoisotopic (exact) mass is 279 g/mol. The van der Waals surface area contributed by atoms with Crippen molar-refractivity contribution >= 4 is 11.6 Å². The fraction of sp³-hybridized carbons (Fsp3) is 0.714. The average Bonchev–Trinajstić information content (AvgIpc) is 3.21. The lowest BCUT2D eigenvalue weighted by molar-refractivity contribution is 0.0939. The second-order valence-electron chi connectivity index (χ2n) is 5.30. The maximum atomic E-state index is 12.2. The van der Waals surface area contributed by atoms with Gasteiger partial charge in [0.05, 0.1) is 11.4 Å². The Kier molecular flexibility index (Phi) is 4.65. The van der Waals surface area contributed by atoms with Crippen LogP contribution in [0.1, 0.15) is 42.9 Å². The van der Waals surface area contributed by atoms with Crippen molar-refractivity contribution in [1.29, 1.82) is 0 Å². The first-order chi connectivity index (χ1) is 9.58. The molecule has 1 fully saturated rings. The zero-order valence-corrected chi connectivity index (χ0v) is 12.6. The van der Waals surface area contributed by atoms with E-state index < -0.39 is 0 Å². The second kappa shape index (κ2) is 6.26. The molecule has 1 aliphatic rings. The highest BCUT2D eigenvalue weighted by molar-refractivity contribution is 5.97. The summed E-state index contributed by atoms with van der Waals surface area (Å²) in [7, 11) is 1.76. The number of carbonyl (C=O) groups is 1. The van der Waals surface area contributed by atoms with Crippen LogP contribution in [0.5, 0.6) is 0 Å². The molecule has 2 rings (SSSR count). The van der Waals surface area contributed by atoms with Gasteiger partial charge in [-0.25, -0.2) is 0 Å². The van der Waals surface area contributed by atoms with Crippen LogP contribution in [0.3, 0.4) is 0 Å². The molecule has 0 spiro atoms. The van der Waals surface area contributed by atoms with E-state index in [2.05, 4.69) is 22.2 Å². The normalized spacial score (nSPS) is 14.8. The Balaban J connectivity index is 1.90. The summed E-state index contributed by atoms with van der Waals surface area (Å²) in [6.07, 6.45) is 3.31. The number of carbonyl (C=O) groups excluding carboxylic acids is 1. The highest BCUT2D eigenvalue weighted by Gasteiger charge is 2.27. The van der Waals surface area contributed by atoms with Crippen LogP contribution in [0.25, 0.3) is 0 Å². The molecule has 112 valence electrons. The molecule has 0 bridgehead atoms. The van der Waals surface area contributed by atoms with E-state index in [9.17, 15) is 4.79 Å². The molecule has 1 aromatic heterocycles. The topological polar surface area (TPSA) is 76.2 Å². The molecule has 0 saturated heterocycles. The number of aromatic nitrogens is 2. The van der Waals surface area contributed by atoms with Gasteiger partial charge in [0.15, 0.2) is 0 Å². The number of hydrogen-bond donors (Lipinski definition) is 2. The van der Waals surface area contributed by atoms with E-state index in [1.807, 2.05) is 6.92 Å². The van der Waals surface area contributed by atoms with Crippen molar-refractivity contribution in [2.75, 3.05) is 25.4 Å². The highest BCUT2D eigenvalue weighted by atomic mass is 16.2. The fourth-order valence-corrected chi connectivity index (χ4v) is 2.56. The minimum Gasteiger partial charge on any atom is -0.395 e. The number of anilines is 1. The molecule has 6 heteroatoms. The first-order valence-electron chi connectivity index (χ1n) is 7.42. The quantitative estimate of drug-likeness (QED) is 0.773. The molecule has 0 unspecified atom stereocenters. The molecule has 1 aliphatic carbocycles. The predicted molar refractivity (Wildman–Crippen MR) is 79.6 cm³/mol. The van der Waals surface area contributed by atoms with Crippen molar-refractivity contribution in [2.24, 2.45) is 7.05 Å². The molecule has 1 heterocycles. The van der Waals surface area contributed by atoms with Crippen LogP contribution in [0.15, 0.2) is 0 Å². The van der Waals surface area contributed by atoms with Gasteiger partial charge in [-0.3, -0.25) is 14.4 Å². The molecule has 0 radical (unpaired) electrons. The van der Waals surface area contributed by atoms with E-state index in [0.29, 0.717) is 17.9 Å². The maximum absolute atomic E-state index is 12.2. The Morgan fingerprint density at radius 1 is 1.50 bits per heavy atom. The number of likely N-dealkylation sites (N-methyl/N-ethyl adjacent to an activating group) is 1. The molecule has 20 heavy (non-hydrogen) atoms. The van der Waals surface area contributed by atoms with Crippen LogP contribution >= 0.6 is 0 Å². The average molecular weight is 279 g/mol.